The van der Waals surface area contributed by atoms with Crippen LogP contribution in [0.1, 0.15) is 16.1 Å². The minimum absolute atomic E-state index is 0.0309. The molecule has 18 heavy (non-hydrogen) atoms. The first-order valence-electron chi connectivity index (χ1n) is 5.26. The number of aromatic carboxylic acids is 1. The number of carboxylic acids is 1. The molecular weight excluding hydrogens is 256 g/mol. The number of rotatable bonds is 4. The molecule has 2 rings (SSSR count). The van der Waals surface area contributed by atoms with E-state index in [1.54, 1.807) is 16.9 Å². The molecular formula is C11H11ClN4O2. The maximum absolute atomic E-state index is 11.0. The van der Waals surface area contributed by atoms with E-state index in [9.17, 15) is 4.79 Å². The summed E-state index contributed by atoms with van der Waals surface area (Å²) in [6, 6.07) is 4.66. The van der Waals surface area contributed by atoms with Gasteiger partial charge in [0.05, 0.1) is 28.2 Å². The molecule has 1 aromatic carbocycles. The molecule has 0 aliphatic rings. The Labute approximate surface area is 108 Å². The average Bonchev–Trinajstić information content (AvgIpc) is 2.78. The molecule has 1 aromatic heterocycles. The van der Waals surface area contributed by atoms with Crippen LogP contribution in [0.2, 0.25) is 5.02 Å². The lowest BCUT2D eigenvalue weighted by Gasteiger charge is -2.07. The van der Waals surface area contributed by atoms with Crippen molar-refractivity contribution in [3.63, 3.8) is 0 Å². The second kappa shape index (κ2) is 5.16. The lowest BCUT2D eigenvalue weighted by molar-refractivity contribution is 0.0697. The lowest BCUT2D eigenvalue weighted by atomic mass is 10.2. The van der Waals surface area contributed by atoms with Crippen LogP contribution in [-0.4, -0.2) is 32.6 Å². The Bertz CT molecular complexity index is 582. The van der Waals surface area contributed by atoms with Gasteiger partial charge in [-0.15, -0.1) is 5.10 Å². The Morgan fingerprint density at radius 3 is 2.94 bits per heavy atom. The summed E-state index contributed by atoms with van der Waals surface area (Å²) >= 11 is 5.81. The van der Waals surface area contributed by atoms with Gasteiger partial charge in [-0.05, 0) is 24.7 Å². The molecule has 7 heteroatoms. The highest BCUT2D eigenvalue weighted by Gasteiger charge is 2.12. The number of hydrogen-bond donors (Lipinski definition) is 2. The standard InChI is InChI=1S/C11H11ClN4O2/c12-10-2-1-7(5-9(10)11(17)18)16-8(3-4-13)6-14-15-16/h1-2,5-6H,3-4,13H2,(H,17,18). The summed E-state index contributed by atoms with van der Waals surface area (Å²) in [5, 5.41) is 16.9. The highest BCUT2D eigenvalue weighted by molar-refractivity contribution is 6.33. The van der Waals surface area contributed by atoms with E-state index >= 15 is 0 Å². The molecule has 0 aliphatic heterocycles. The fourth-order valence-corrected chi connectivity index (χ4v) is 1.80. The maximum atomic E-state index is 11.0. The van der Waals surface area contributed by atoms with Crippen LogP contribution in [0, 0.1) is 0 Å². The normalized spacial score (nSPS) is 10.6. The number of carboxylic acid groups (broad SMARTS) is 1. The van der Waals surface area contributed by atoms with Gasteiger partial charge >= 0.3 is 5.97 Å². The third-order valence-electron chi connectivity index (χ3n) is 2.45. The molecule has 2 aromatic rings. The monoisotopic (exact) mass is 266 g/mol. The molecule has 0 bridgehead atoms. The number of carbonyl (C=O) groups is 1. The Balaban J connectivity index is 2.47. The van der Waals surface area contributed by atoms with Gasteiger partial charge in [-0.25, -0.2) is 9.48 Å². The fourth-order valence-electron chi connectivity index (χ4n) is 1.60. The van der Waals surface area contributed by atoms with E-state index in [0.717, 1.165) is 5.69 Å². The zero-order chi connectivity index (χ0) is 13.1. The molecule has 0 atom stereocenters. The Kier molecular flexibility index (Phi) is 3.59. The summed E-state index contributed by atoms with van der Waals surface area (Å²) in [4.78, 5) is 11.0. The molecule has 0 saturated heterocycles. The fraction of sp³-hybridized carbons (Fsp3) is 0.182. The number of nitrogens with zero attached hydrogens (tertiary/aromatic N) is 3. The summed E-state index contributed by atoms with van der Waals surface area (Å²) in [5.74, 6) is -1.08. The van der Waals surface area contributed by atoms with Crippen molar-refractivity contribution in [2.45, 2.75) is 6.42 Å². The molecule has 0 aliphatic carbocycles. The van der Waals surface area contributed by atoms with Crippen molar-refractivity contribution in [2.24, 2.45) is 5.73 Å². The molecule has 0 fully saturated rings. The second-order valence-corrected chi connectivity index (χ2v) is 4.05. The Morgan fingerprint density at radius 1 is 1.50 bits per heavy atom. The van der Waals surface area contributed by atoms with Crippen molar-refractivity contribution in [1.82, 2.24) is 15.0 Å². The van der Waals surface area contributed by atoms with E-state index in [1.807, 2.05) is 0 Å². The van der Waals surface area contributed by atoms with Crippen LogP contribution >= 0.6 is 11.6 Å². The zero-order valence-electron chi connectivity index (χ0n) is 9.38. The van der Waals surface area contributed by atoms with Gasteiger partial charge in [0.15, 0.2) is 0 Å². The zero-order valence-corrected chi connectivity index (χ0v) is 10.1. The van der Waals surface area contributed by atoms with E-state index < -0.39 is 5.97 Å². The van der Waals surface area contributed by atoms with Gasteiger partial charge < -0.3 is 10.8 Å². The highest BCUT2D eigenvalue weighted by Crippen LogP contribution is 2.20. The molecule has 94 valence electrons. The van der Waals surface area contributed by atoms with Crippen LogP contribution in [0.15, 0.2) is 24.4 Å². The highest BCUT2D eigenvalue weighted by atomic mass is 35.5. The summed E-state index contributed by atoms with van der Waals surface area (Å²) < 4.78 is 1.55. The van der Waals surface area contributed by atoms with Gasteiger partial charge in [-0.3, -0.25) is 0 Å². The van der Waals surface area contributed by atoms with Crippen LogP contribution in [0.4, 0.5) is 0 Å². The van der Waals surface area contributed by atoms with Crippen molar-refractivity contribution >= 4 is 17.6 Å². The quantitative estimate of drug-likeness (QED) is 0.865. The first kappa shape index (κ1) is 12.5. The molecule has 0 amide bonds. The van der Waals surface area contributed by atoms with E-state index in [0.29, 0.717) is 18.7 Å². The van der Waals surface area contributed by atoms with E-state index in [4.69, 9.17) is 22.4 Å². The number of halogens is 1. The molecule has 0 unspecified atom stereocenters. The van der Waals surface area contributed by atoms with Crippen LogP contribution in [0.25, 0.3) is 5.69 Å². The number of hydrogen-bond acceptors (Lipinski definition) is 4. The predicted octanol–water partition coefficient (Wildman–Crippen LogP) is 1.12. The lowest BCUT2D eigenvalue weighted by Crippen LogP contribution is -2.09. The van der Waals surface area contributed by atoms with Gasteiger partial charge in [0.2, 0.25) is 0 Å². The third kappa shape index (κ3) is 2.34. The first-order valence-corrected chi connectivity index (χ1v) is 5.64. The van der Waals surface area contributed by atoms with Gasteiger partial charge in [-0.2, -0.15) is 0 Å². The van der Waals surface area contributed by atoms with E-state index in [1.165, 1.54) is 12.1 Å². The largest absolute Gasteiger partial charge is 0.478 e. The third-order valence-corrected chi connectivity index (χ3v) is 2.77. The molecule has 0 radical (unpaired) electrons. The van der Waals surface area contributed by atoms with Crippen molar-refractivity contribution in [3.05, 3.63) is 40.7 Å². The van der Waals surface area contributed by atoms with Crippen LogP contribution in [0.3, 0.4) is 0 Å². The molecule has 0 spiro atoms. The minimum Gasteiger partial charge on any atom is -0.478 e. The van der Waals surface area contributed by atoms with Crippen LogP contribution in [0.5, 0.6) is 0 Å². The topological polar surface area (TPSA) is 94.0 Å². The SMILES string of the molecule is NCCc1cnnn1-c1ccc(Cl)c(C(=O)O)c1. The van der Waals surface area contributed by atoms with Crippen molar-refractivity contribution in [3.8, 4) is 5.69 Å². The van der Waals surface area contributed by atoms with Gasteiger partial charge in [-0.1, -0.05) is 16.8 Å². The van der Waals surface area contributed by atoms with Crippen LogP contribution < -0.4 is 5.73 Å². The van der Waals surface area contributed by atoms with E-state index in [2.05, 4.69) is 10.3 Å². The number of nitrogens with two attached hydrogens (primary N) is 1. The molecule has 6 nitrogen and oxygen atoms in total. The summed E-state index contributed by atoms with van der Waals surface area (Å²) in [6.07, 6.45) is 2.21. The van der Waals surface area contributed by atoms with Crippen molar-refractivity contribution in [1.29, 1.82) is 0 Å². The predicted molar refractivity (Wildman–Crippen MR) is 66.1 cm³/mol. The summed E-state index contributed by atoms with van der Waals surface area (Å²) in [5.41, 5.74) is 6.93. The van der Waals surface area contributed by atoms with Gasteiger partial charge in [0, 0.05) is 6.42 Å². The number of benzene rings is 1. The number of aromatic nitrogens is 3. The molecule has 0 saturated carbocycles. The van der Waals surface area contributed by atoms with E-state index in [-0.39, 0.29) is 10.6 Å². The summed E-state index contributed by atoms with van der Waals surface area (Å²) in [6.45, 7) is 0.465. The second-order valence-electron chi connectivity index (χ2n) is 3.65. The minimum atomic E-state index is -1.08. The van der Waals surface area contributed by atoms with Gasteiger partial charge in [0.25, 0.3) is 0 Å². The average molecular weight is 267 g/mol. The van der Waals surface area contributed by atoms with Gasteiger partial charge in [0.1, 0.15) is 0 Å². The van der Waals surface area contributed by atoms with Crippen LogP contribution in [-0.2, 0) is 6.42 Å². The Hall–Kier alpha value is -1.92. The first-order chi connectivity index (χ1) is 8.63. The molecule has 3 N–H and O–H groups in total. The van der Waals surface area contributed by atoms with Crippen molar-refractivity contribution in [2.75, 3.05) is 6.54 Å². The Morgan fingerprint density at radius 2 is 2.28 bits per heavy atom. The maximum Gasteiger partial charge on any atom is 0.337 e. The van der Waals surface area contributed by atoms with Crippen molar-refractivity contribution < 1.29 is 9.90 Å². The summed E-state index contributed by atoms with van der Waals surface area (Å²) in [7, 11) is 0. The molecule has 1 heterocycles. The smallest absolute Gasteiger partial charge is 0.337 e.